The van der Waals surface area contributed by atoms with Crippen molar-refractivity contribution in [2.45, 2.75) is 32.3 Å². The second kappa shape index (κ2) is 6.63. The van der Waals surface area contributed by atoms with Crippen LogP contribution < -0.4 is 14.2 Å². The molecule has 0 amide bonds. The lowest BCUT2D eigenvalue weighted by atomic mass is 9.82. The van der Waals surface area contributed by atoms with Crippen molar-refractivity contribution in [1.29, 1.82) is 0 Å². The van der Waals surface area contributed by atoms with Crippen LogP contribution in [0.4, 0.5) is 4.39 Å². The van der Waals surface area contributed by atoms with E-state index in [9.17, 15) is 9.18 Å². The Morgan fingerprint density at radius 3 is 2.64 bits per heavy atom. The zero-order chi connectivity index (χ0) is 18.0. The Bertz CT molecular complexity index is 783. The highest BCUT2D eigenvalue weighted by atomic mass is 19.1. The van der Waals surface area contributed by atoms with Gasteiger partial charge in [-0.15, -0.1) is 0 Å². The highest BCUT2D eigenvalue weighted by Crippen LogP contribution is 2.37. The van der Waals surface area contributed by atoms with E-state index in [2.05, 4.69) is 0 Å². The lowest BCUT2D eigenvalue weighted by Crippen LogP contribution is -2.21. The number of fused-ring (bicyclic) bond motifs is 1. The summed E-state index contributed by atoms with van der Waals surface area (Å²) in [4.78, 5) is 11.0. The molecule has 0 radical (unpaired) electrons. The van der Waals surface area contributed by atoms with Crippen LogP contribution in [0.25, 0.3) is 0 Å². The first-order chi connectivity index (χ1) is 11.8. The van der Waals surface area contributed by atoms with Crippen molar-refractivity contribution >= 4 is 5.97 Å². The van der Waals surface area contributed by atoms with E-state index >= 15 is 0 Å². The lowest BCUT2D eigenvalue weighted by Gasteiger charge is -2.23. The van der Waals surface area contributed by atoms with E-state index < -0.39 is 17.2 Å². The number of hydrogen-bond acceptors (Lipinski definition) is 4. The maximum Gasteiger partial charge on any atom is 0.304 e. The molecule has 1 N–H and O–H groups in total. The molecule has 0 bridgehead atoms. The van der Waals surface area contributed by atoms with Gasteiger partial charge in [-0.2, -0.15) is 0 Å². The van der Waals surface area contributed by atoms with Crippen molar-refractivity contribution in [3.8, 4) is 17.2 Å². The highest BCUT2D eigenvalue weighted by Gasteiger charge is 2.24. The Kier molecular flexibility index (Phi) is 4.53. The molecule has 0 fully saturated rings. The number of carbonyl (C=O) groups is 1. The van der Waals surface area contributed by atoms with Crippen LogP contribution in [0.2, 0.25) is 0 Å². The molecular weight excluding hydrogens is 327 g/mol. The molecule has 0 unspecified atom stereocenters. The molecule has 6 heteroatoms. The van der Waals surface area contributed by atoms with Gasteiger partial charge in [0, 0.05) is 17.0 Å². The fraction of sp³-hybridized carbons (Fsp3) is 0.316. The topological polar surface area (TPSA) is 65.0 Å². The molecule has 132 valence electrons. The van der Waals surface area contributed by atoms with Crippen molar-refractivity contribution < 1.29 is 28.5 Å². The zero-order valence-corrected chi connectivity index (χ0v) is 14.0. The molecule has 1 aliphatic heterocycles. The smallest absolute Gasteiger partial charge is 0.304 e. The summed E-state index contributed by atoms with van der Waals surface area (Å²) in [5.74, 6) is 0.234. The van der Waals surface area contributed by atoms with Gasteiger partial charge in [0.25, 0.3) is 0 Å². The highest BCUT2D eigenvalue weighted by molar-refractivity contribution is 5.68. The molecule has 0 saturated heterocycles. The zero-order valence-electron chi connectivity index (χ0n) is 14.0. The SMILES string of the molecule is CC(C)(CC(=O)O)c1ccc(OCc2cc(F)cc3c2OCO3)cc1. The number of carboxylic acid groups (broad SMARTS) is 1. The van der Waals surface area contributed by atoms with Crippen LogP contribution in [0.1, 0.15) is 31.4 Å². The van der Waals surface area contributed by atoms with Crippen molar-refractivity contribution in [2.75, 3.05) is 6.79 Å². The van der Waals surface area contributed by atoms with Crippen LogP contribution in [0, 0.1) is 5.82 Å². The third kappa shape index (κ3) is 3.84. The Morgan fingerprint density at radius 1 is 1.24 bits per heavy atom. The van der Waals surface area contributed by atoms with E-state index in [4.69, 9.17) is 19.3 Å². The summed E-state index contributed by atoms with van der Waals surface area (Å²) in [6.45, 7) is 3.97. The number of halogens is 1. The Hall–Kier alpha value is -2.76. The second-order valence-electron chi connectivity index (χ2n) is 6.57. The van der Waals surface area contributed by atoms with E-state index in [1.54, 1.807) is 12.1 Å². The number of rotatable bonds is 6. The molecule has 0 saturated carbocycles. The number of benzene rings is 2. The largest absolute Gasteiger partial charge is 0.489 e. The van der Waals surface area contributed by atoms with Gasteiger partial charge in [0.2, 0.25) is 6.79 Å². The fourth-order valence-corrected chi connectivity index (χ4v) is 2.80. The molecule has 25 heavy (non-hydrogen) atoms. The summed E-state index contributed by atoms with van der Waals surface area (Å²) in [5.41, 5.74) is 1.01. The molecule has 1 heterocycles. The Morgan fingerprint density at radius 2 is 1.96 bits per heavy atom. The van der Waals surface area contributed by atoms with Gasteiger partial charge in [-0.1, -0.05) is 26.0 Å². The number of hydrogen-bond donors (Lipinski definition) is 1. The summed E-state index contributed by atoms with van der Waals surface area (Å²) >= 11 is 0. The van der Waals surface area contributed by atoms with E-state index in [1.807, 2.05) is 26.0 Å². The predicted octanol–water partition coefficient (Wildman–Crippen LogP) is 3.89. The van der Waals surface area contributed by atoms with Gasteiger partial charge in [-0.25, -0.2) is 4.39 Å². The quantitative estimate of drug-likeness (QED) is 0.860. The Balaban J connectivity index is 1.70. The van der Waals surface area contributed by atoms with Gasteiger partial charge in [0.1, 0.15) is 18.2 Å². The standard InChI is InChI=1S/C19H19FO5/c1-19(2,9-17(21)22)13-3-5-15(6-4-13)23-10-12-7-14(20)8-16-18(12)25-11-24-16/h3-8H,9-11H2,1-2H3,(H,21,22). The van der Waals surface area contributed by atoms with Crippen LogP contribution in [0.5, 0.6) is 17.2 Å². The fourth-order valence-electron chi connectivity index (χ4n) is 2.80. The third-order valence-electron chi connectivity index (χ3n) is 4.14. The van der Waals surface area contributed by atoms with Crippen molar-refractivity contribution in [2.24, 2.45) is 0 Å². The van der Waals surface area contributed by atoms with Crippen molar-refractivity contribution in [3.63, 3.8) is 0 Å². The molecule has 0 aromatic heterocycles. The van der Waals surface area contributed by atoms with Gasteiger partial charge in [0.15, 0.2) is 11.5 Å². The molecule has 3 rings (SSSR count). The summed E-state index contributed by atoms with van der Waals surface area (Å²) in [6.07, 6.45) is 0.0416. The second-order valence-corrected chi connectivity index (χ2v) is 6.57. The maximum absolute atomic E-state index is 13.6. The van der Waals surface area contributed by atoms with Crippen molar-refractivity contribution in [1.82, 2.24) is 0 Å². The predicted molar refractivity (Wildman–Crippen MR) is 88.6 cm³/mol. The van der Waals surface area contributed by atoms with Gasteiger partial charge < -0.3 is 19.3 Å². The first kappa shape index (κ1) is 17.1. The van der Waals surface area contributed by atoms with E-state index in [0.717, 1.165) is 5.56 Å². The lowest BCUT2D eigenvalue weighted by molar-refractivity contribution is -0.138. The Labute approximate surface area is 144 Å². The average molecular weight is 346 g/mol. The number of aliphatic carboxylic acids is 1. The molecule has 1 aliphatic rings. The molecule has 0 spiro atoms. The van der Waals surface area contributed by atoms with E-state index in [-0.39, 0.29) is 19.8 Å². The minimum atomic E-state index is -0.840. The van der Waals surface area contributed by atoms with Crippen LogP contribution in [0.3, 0.4) is 0 Å². The number of ether oxygens (including phenoxy) is 3. The minimum absolute atomic E-state index is 0.0416. The molecule has 2 aromatic carbocycles. The van der Waals surface area contributed by atoms with Gasteiger partial charge in [0.05, 0.1) is 6.42 Å². The average Bonchev–Trinajstić information content (AvgIpc) is 3.00. The summed E-state index contributed by atoms with van der Waals surface area (Å²) < 4.78 is 29.8. The minimum Gasteiger partial charge on any atom is -0.489 e. The molecule has 0 aliphatic carbocycles. The summed E-state index contributed by atoms with van der Waals surface area (Å²) in [6, 6.07) is 9.87. The third-order valence-corrected chi connectivity index (χ3v) is 4.14. The van der Waals surface area contributed by atoms with Crippen molar-refractivity contribution in [3.05, 3.63) is 53.3 Å². The molecule has 5 nitrogen and oxygen atoms in total. The number of carboxylic acids is 1. The first-order valence-electron chi connectivity index (χ1n) is 7.88. The van der Waals surface area contributed by atoms with Gasteiger partial charge in [-0.05, 0) is 23.8 Å². The first-order valence-corrected chi connectivity index (χ1v) is 7.88. The van der Waals surface area contributed by atoms with E-state index in [1.165, 1.54) is 12.1 Å². The maximum atomic E-state index is 13.6. The monoisotopic (exact) mass is 346 g/mol. The molecule has 0 atom stereocenters. The van der Waals surface area contributed by atoms with Gasteiger partial charge in [-0.3, -0.25) is 4.79 Å². The summed E-state index contributed by atoms with van der Waals surface area (Å²) in [7, 11) is 0. The van der Waals surface area contributed by atoms with Gasteiger partial charge >= 0.3 is 5.97 Å². The summed E-state index contributed by atoms with van der Waals surface area (Å²) in [5, 5.41) is 9.00. The van der Waals surface area contributed by atoms with E-state index in [0.29, 0.717) is 22.8 Å². The van der Waals surface area contributed by atoms with Crippen LogP contribution in [-0.4, -0.2) is 17.9 Å². The molecule has 2 aromatic rings. The molecular formula is C19H19FO5. The van der Waals surface area contributed by atoms with Crippen LogP contribution >= 0.6 is 0 Å². The van der Waals surface area contributed by atoms with Crippen LogP contribution in [0.15, 0.2) is 36.4 Å². The van der Waals surface area contributed by atoms with Crippen LogP contribution in [-0.2, 0) is 16.8 Å². The normalized spacial score (nSPS) is 12.9.